The zero-order valence-electron chi connectivity index (χ0n) is 7.44. The van der Waals surface area contributed by atoms with Gasteiger partial charge in [-0.2, -0.15) is 0 Å². The fourth-order valence-corrected chi connectivity index (χ4v) is 0.938. The number of benzene rings is 1. The molecule has 0 heterocycles. The summed E-state index contributed by atoms with van der Waals surface area (Å²) < 4.78 is 25.8. The average molecular weight is 182 g/mol. The molecule has 0 fully saturated rings. The first kappa shape index (κ1) is 10.2. The minimum atomic E-state index is -1.27. The Morgan fingerprint density at radius 1 is 1.23 bits per heavy atom. The normalized spacial score (nSPS) is 11.8. The van der Waals surface area contributed by atoms with Gasteiger partial charge in [-0.1, -0.05) is 0 Å². The molecule has 0 spiro atoms. The number of hydrogen-bond donors (Lipinski definition) is 1. The Morgan fingerprint density at radius 2 is 1.62 bits per heavy atom. The Bertz CT molecular complexity index is 308. The summed E-state index contributed by atoms with van der Waals surface area (Å²) in [5.74, 6) is -1.70. The molecule has 1 nitrogen and oxygen atoms in total. The van der Waals surface area contributed by atoms with Crippen LogP contribution in [0.25, 0.3) is 0 Å². The van der Waals surface area contributed by atoms with Crippen molar-refractivity contribution < 1.29 is 13.9 Å². The van der Waals surface area contributed by atoms with Gasteiger partial charge in [-0.25, -0.2) is 8.78 Å². The Balaban J connectivity index is 3.29. The summed E-state index contributed by atoms with van der Waals surface area (Å²) in [6.07, 6.45) is 0. The van der Waals surface area contributed by atoms with Crippen LogP contribution in [0.4, 0.5) is 8.78 Å². The smallest absolute Gasteiger partial charge is 0.122 e. The highest BCUT2D eigenvalue weighted by atomic mass is 19.1. The summed E-state index contributed by atoms with van der Waals surface area (Å²) in [5.41, 5.74) is -1.63. The van der Waals surface area contributed by atoms with Crippen molar-refractivity contribution in [3.8, 4) is 0 Å². The molecule has 0 saturated carbocycles. The largest absolute Gasteiger partial charge is 0.386 e. The van der Waals surface area contributed by atoms with Crippen LogP contribution in [0.2, 0.25) is 0 Å². The highest BCUT2D eigenvalue weighted by Gasteiger charge is 2.18. The lowest BCUT2D eigenvalue weighted by Crippen LogP contribution is -2.21. The zero-order valence-corrected chi connectivity index (χ0v) is 7.44. The fourth-order valence-electron chi connectivity index (χ4n) is 0.938. The van der Waals surface area contributed by atoms with Crippen molar-refractivity contribution in [2.45, 2.75) is 19.4 Å². The molecule has 0 atom stereocenters. The Kier molecular flexibility index (Phi) is 2.43. The Hall–Kier alpha value is -0.895. The lowest BCUT2D eigenvalue weighted by Gasteiger charge is -2.18. The number of aliphatic hydroxyl groups is 1. The first-order valence-corrected chi connectivity index (χ1v) is 3.79. The van der Waals surface area contributed by atoms with Crippen molar-refractivity contribution in [1.82, 2.24) is 0 Å². The summed E-state index contributed by atoms with van der Waals surface area (Å²) in [4.78, 5) is 0. The highest BCUT2D eigenvalue weighted by Crippen LogP contribution is 2.20. The highest BCUT2D eigenvalue weighted by molar-refractivity contribution is 6.32. The molecular formula is C9H9BF2O. The van der Waals surface area contributed by atoms with Crippen LogP contribution in [0.1, 0.15) is 19.4 Å². The van der Waals surface area contributed by atoms with Crippen molar-refractivity contribution in [3.05, 3.63) is 29.3 Å². The van der Waals surface area contributed by atoms with Gasteiger partial charge < -0.3 is 5.11 Å². The number of halogens is 2. The number of hydrogen-bond acceptors (Lipinski definition) is 1. The van der Waals surface area contributed by atoms with Crippen LogP contribution < -0.4 is 5.46 Å². The maximum atomic E-state index is 12.9. The van der Waals surface area contributed by atoms with Gasteiger partial charge in [-0.05, 0) is 37.0 Å². The quantitative estimate of drug-likeness (QED) is 0.642. The van der Waals surface area contributed by atoms with E-state index in [0.29, 0.717) is 0 Å². The van der Waals surface area contributed by atoms with E-state index in [1.807, 2.05) is 0 Å². The van der Waals surface area contributed by atoms with Crippen molar-refractivity contribution in [3.63, 3.8) is 0 Å². The van der Waals surface area contributed by atoms with Gasteiger partial charge in [0.25, 0.3) is 0 Å². The lowest BCUT2D eigenvalue weighted by atomic mass is 9.89. The first-order chi connectivity index (χ1) is 5.82. The van der Waals surface area contributed by atoms with E-state index in [1.54, 1.807) is 0 Å². The van der Waals surface area contributed by atoms with E-state index in [0.717, 1.165) is 12.1 Å². The van der Waals surface area contributed by atoms with Crippen LogP contribution >= 0.6 is 0 Å². The van der Waals surface area contributed by atoms with Crippen molar-refractivity contribution in [2.75, 3.05) is 0 Å². The van der Waals surface area contributed by atoms with Crippen molar-refractivity contribution in [2.24, 2.45) is 0 Å². The molecule has 13 heavy (non-hydrogen) atoms. The molecule has 0 aliphatic rings. The summed E-state index contributed by atoms with van der Waals surface area (Å²) >= 11 is 0. The van der Waals surface area contributed by atoms with E-state index in [-0.39, 0.29) is 5.56 Å². The van der Waals surface area contributed by atoms with Crippen LogP contribution in [0, 0.1) is 11.6 Å². The maximum absolute atomic E-state index is 12.9. The van der Waals surface area contributed by atoms with Gasteiger partial charge in [0.05, 0.1) is 5.60 Å². The van der Waals surface area contributed by atoms with E-state index in [1.165, 1.54) is 13.8 Å². The molecule has 1 aromatic rings. The lowest BCUT2D eigenvalue weighted by molar-refractivity contribution is 0.0779. The van der Waals surface area contributed by atoms with Gasteiger partial charge in [0.15, 0.2) is 0 Å². The summed E-state index contributed by atoms with van der Waals surface area (Å²) in [6, 6.07) is 2.05. The van der Waals surface area contributed by atoms with Crippen LogP contribution in [0.15, 0.2) is 12.1 Å². The summed E-state index contributed by atoms with van der Waals surface area (Å²) in [5, 5.41) is 9.45. The summed E-state index contributed by atoms with van der Waals surface area (Å²) in [6.45, 7) is 2.88. The Labute approximate surface area is 76.8 Å². The maximum Gasteiger partial charge on any atom is 0.122 e. The minimum Gasteiger partial charge on any atom is -0.386 e. The molecule has 0 bridgehead atoms. The molecule has 1 N–H and O–H groups in total. The third-order valence-electron chi connectivity index (χ3n) is 1.79. The second-order valence-electron chi connectivity index (χ2n) is 3.41. The van der Waals surface area contributed by atoms with Gasteiger partial charge in [0, 0.05) is 0 Å². The van der Waals surface area contributed by atoms with Gasteiger partial charge in [0.1, 0.15) is 19.5 Å². The predicted molar refractivity (Wildman–Crippen MR) is 47.0 cm³/mol. The molecule has 0 saturated heterocycles. The van der Waals surface area contributed by atoms with Crippen molar-refractivity contribution >= 4 is 13.3 Å². The van der Waals surface area contributed by atoms with E-state index in [9.17, 15) is 13.9 Å². The Morgan fingerprint density at radius 3 is 1.92 bits per heavy atom. The predicted octanol–water partition coefficient (Wildman–Crippen LogP) is 0.986. The van der Waals surface area contributed by atoms with E-state index in [4.69, 9.17) is 7.85 Å². The molecule has 1 aromatic carbocycles. The second kappa shape index (κ2) is 3.11. The third-order valence-corrected chi connectivity index (χ3v) is 1.79. The van der Waals surface area contributed by atoms with E-state index >= 15 is 0 Å². The molecular weight excluding hydrogens is 173 g/mol. The molecule has 0 unspecified atom stereocenters. The van der Waals surface area contributed by atoms with Crippen molar-refractivity contribution in [1.29, 1.82) is 0 Å². The molecule has 68 valence electrons. The summed E-state index contributed by atoms with van der Waals surface area (Å²) in [7, 11) is 5.06. The van der Waals surface area contributed by atoms with Gasteiger partial charge in [-0.3, -0.25) is 0 Å². The molecule has 1 rings (SSSR count). The van der Waals surface area contributed by atoms with E-state index in [2.05, 4.69) is 0 Å². The van der Waals surface area contributed by atoms with Crippen LogP contribution in [0.5, 0.6) is 0 Å². The second-order valence-corrected chi connectivity index (χ2v) is 3.41. The number of rotatable bonds is 1. The van der Waals surface area contributed by atoms with E-state index < -0.39 is 22.7 Å². The van der Waals surface area contributed by atoms with Gasteiger partial charge in [-0.15, -0.1) is 0 Å². The molecule has 0 aliphatic heterocycles. The van der Waals surface area contributed by atoms with Crippen LogP contribution in [-0.2, 0) is 5.60 Å². The third kappa shape index (κ3) is 2.07. The molecule has 4 heteroatoms. The molecule has 0 amide bonds. The molecule has 0 aromatic heterocycles. The minimum absolute atomic E-state index is 0.164. The van der Waals surface area contributed by atoms with Crippen LogP contribution in [-0.4, -0.2) is 13.0 Å². The SMILES string of the molecule is [B]c1c(F)cc(C(C)(C)O)cc1F. The first-order valence-electron chi connectivity index (χ1n) is 3.79. The van der Waals surface area contributed by atoms with Crippen LogP contribution in [0.3, 0.4) is 0 Å². The van der Waals surface area contributed by atoms with Gasteiger partial charge >= 0.3 is 0 Å². The zero-order chi connectivity index (χ0) is 10.2. The molecule has 0 aliphatic carbocycles. The fraction of sp³-hybridized carbons (Fsp3) is 0.333. The molecule has 2 radical (unpaired) electrons. The average Bonchev–Trinajstić information content (AvgIpc) is 1.97. The van der Waals surface area contributed by atoms with Gasteiger partial charge in [0.2, 0.25) is 0 Å². The standard InChI is InChI=1S/C9H9BF2O/c1-9(2,13)5-3-6(11)8(10)7(12)4-5/h3-4,13H,1-2H3. The topological polar surface area (TPSA) is 20.2 Å². The monoisotopic (exact) mass is 182 g/mol.